The fourth-order valence-corrected chi connectivity index (χ4v) is 2.78. The van der Waals surface area contributed by atoms with Crippen LogP contribution in [0.5, 0.6) is 11.5 Å². The van der Waals surface area contributed by atoms with Crippen molar-refractivity contribution in [2.75, 3.05) is 13.2 Å². The SMILES string of the molecule is c1cc(CNC2CCCC2)c2c(c1)OCCCO2. The quantitative estimate of drug-likeness (QED) is 0.891. The summed E-state index contributed by atoms with van der Waals surface area (Å²) in [6.45, 7) is 2.40. The van der Waals surface area contributed by atoms with Gasteiger partial charge in [-0.25, -0.2) is 0 Å². The average molecular weight is 247 g/mol. The topological polar surface area (TPSA) is 30.5 Å². The van der Waals surface area contributed by atoms with Gasteiger partial charge in [-0.2, -0.15) is 0 Å². The van der Waals surface area contributed by atoms with Gasteiger partial charge in [0.1, 0.15) is 0 Å². The maximum absolute atomic E-state index is 5.83. The van der Waals surface area contributed by atoms with E-state index >= 15 is 0 Å². The molecule has 1 aliphatic carbocycles. The van der Waals surface area contributed by atoms with E-state index < -0.39 is 0 Å². The summed E-state index contributed by atoms with van der Waals surface area (Å²) in [6.07, 6.45) is 6.32. The van der Waals surface area contributed by atoms with Crippen molar-refractivity contribution >= 4 is 0 Å². The molecule has 0 atom stereocenters. The van der Waals surface area contributed by atoms with Gasteiger partial charge in [-0.1, -0.05) is 25.0 Å². The fraction of sp³-hybridized carbons (Fsp3) is 0.600. The number of hydrogen-bond donors (Lipinski definition) is 1. The van der Waals surface area contributed by atoms with Gasteiger partial charge in [-0.15, -0.1) is 0 Å². The number of fused-ring (bicyclic) bond motifs is 1. The highest BCUT2D eigenvalue weighted by Gasteiger charge is 2.17. The summed E-state index contributed by atoms with van der Waals surface area (Å²) in [5.41, 5.74) is 1.22. The van der Waals surface area contributed by atoms with Crippen molar-refractivity contribution in [3.63, 3.8) is 0 Å². The van der Waals surface area contributed by atoms with Crippen LogP contribution in [0.15, 0.2) is 18.2 Å². The molecule has 0 spiro atoms. The van der Waals surface area contributed by atoms with E-state index in [0.29, 0.717) is 6.04 Å². The molecule has 0 bridgehead atoms. The number of ether oxygens (including phenoxy) is 2. The summed E-state index contributed by atoms with van der Waals surface area (Å²) in [6, 6.07) is 6.88. The molecule has 2 aliphatic rings. The number of para-hydroxylation sites is 1. The molecule has 0 radical (unpaired) electrons. The van der Waals surface area contributed by atoms with Gasteiger partial charge in [0.05, 0.1) is 13.2 Å². The maximum Gasteiger partial charge on any atom is 0.165 e. The van der Waals surface area contributed by atoms with Crippen LogP contribution in [0.1, 0.15) is 37.7 Å². The first-order valence-electron chi connectivity index (χ1n) is 7.04. The van der Waals surface area contributed by atoms with Crippen LogP contribution in [-0.2, 0) is 6.54 Å². The third kappa shape index (κ3) is 2.61. The molecule has 1 aliphatic heterocycles. The summed E-state index contributed by atoms with van der Waals surface area (Å²) in [5, 5.41) is 3.63. The first-order chi connectivity index (χ1) is 8.93. The van der Waals surface area contributed by atoms with Crippen molar-refractivity contribution in [1.82, 2.24) is 5.32 Å². The highest BCUT2D eigenvalue weighted by atomic mass is 16.5. The second-order valence-corrected chi connectivity index (χ2v) is 5.16. The second-order valence-electron chi connectivity index (χ2n) is 5.16. The molecule has 3 nitrogen and oxygen atoms in total. The molecule has 3 rings (SSSR count). The highest BCUT2D eigenvalue weighted by Crippen LogP contribution is 2.33. The van der Waals surface area contributed by atoms with Gasteiger partial charge in [0, 0.05) is 24.6 Å². The second kappa shape index (κ2) is 5.61. The first kappa shape index (κ1) is 11.8. The zero-order chi connectivity index (χ0) is 12.2. The van der Waals surface area contributed by atoms with Crippen LogP contribution in [0.4, 0.5) is 0 Å². The molecule has 1 aromatic carbocycles. The lowest BCUT2D eigenvalue weighted by Crippen LogP contribution is -2.25. The number of rotatable bonds is 3. The number of benzene rings is 1. The molecule has 1 N–H and O–H groups in total. The van der Waals surface area contributed by atoms with Crippen molar-refractivity contribution < 1.29 is 9.47 Å². The molecular formula is C15H21NO2. The Balaban J connectivity index is 1.70. The largest absolute Gasteiger partial charge is 0.490 e. The van der Waals surface area contributed by atoms with Crippen LogP contribution in [0.3, 0.4) is 0 Å². The van der Waals surface area contributed by atoms with E-state index in [2.05, 4.69) is 17.4 Å². The highest BCUT2D eigenvalue weighted by molar-refractivity contribution is 5.47. The van der Waals surface area contributed by atoms with Crippen LogP contribution < -0.4 is 14.8 Å². The fourth-order valence-electron chi connectivity index (χ4n) is 2.78. The molecule has 1 fully saturated rings. The third-order valence-electron chi connectivity index (χ3n) is 3.79. The molecular weight excluding hydrogens is 226 g/mol. The Kier molecular flexibility index (Phi) is 3.69. The Morgan fingerprint density at radius 2 is 1.89 bits per heavy atom. The van der Waals surface area contributed by atoms with E-state index in [1.54, 1.807) is 0 Å². The Morgan fingerprint density at radius 3 is 2.78 bits per heavy atom. The Labute approximate surface area is 108 Å². The Hall–Kier alpha value is -1.22. The lowest BCUT2D eigenvalue weighted by Gasteiger charge is -2.15. The van der Waals surface area contributed by atoms with E-state index in [1.165, 1.54) is 31.2 Å². The number of hydrogen-bond acceptors (Lipinski definition) is 3. The van der Waals surface area contributed by atoms with Crippen LogP contribution >= 0.6 is 0 Å². The molecule has 98 valence electrons. The smallest absolute Gasteiger partial charge is 0.165 e. The minimum Gasteiger partial charge on any atom is -0.490 e. The van der Waals surface area contributed by atoms with E-state index in [4.69, 9.17) is 9.47 Å². The maximum atomic E-state index is 5.83. The summed E-state index contributed by atoms with van der Waals surface area (Å²) < 4.78 is 11.5. The Bertz CT molecular complexity index is 399. The average Bonchev–Trinajstić information content (AvgIpc) is 2.79. The van der Waals surface area contributed by atoms with Crippen LogP contribution in [0.2, 0.25) is 0 Å². The van der Waals surface area contributed by atoms with Gasteiger partial charge < -0.3 is 14.8 Å². The zero-order valence-corrected chi connectivity index (χ0v) is 10.8. The minimum absolute atomic E-state index is 0.688. The van der Waals surface area contributed by atoms with Gasteiger partial charge in [0.25, 0.3) is 0 Å². The van der Waals surface area contributed by atoms with E-state index in [0.717, 1.165) is 37.7 Å². The van der Waals surface area contributed by atoms with Gasteiger partial charge in [-0.3, -0.25) is 0 Å². The van der Waals surface area contributed by atoms with Crippen molar-refractivity contribution in [2.24, 2.45) is 0 Å². The third-order valence-corrected chi connectivity index (χ3v) is 3.79. The summed E-state index contributed by atoms with van der Waals surface area (Å²) in [5.74, 6) is 1.85. The van der Waals surface area contributed by atoms with Crippen LogP contribution in [0, 0.1) is 0 Å². The molecule has 1 saturated carbocycles. The van der Waals surface area contributed by atoms with Crippen molar-refractivity contribution in [3.05, 3.63) is 23.8 Å². The van der Waals surface area contributed by atoms with Crippen molar-refractivity contribution in [3.8, 4) is 11.5 Å². The molecule has 0 saturated heterocycles. The van der Waals surface area contributed by atoms with Crippen molar-refractivity contribution in [1.29, 1.82) is 0 Å². The summed E-state index contributed by atoms with van der Waals surface area (Å²) in [4.78, 5) is 0. The first-order valence-corrected chi connectivity index (χ1v) is 7.04. The Morgan fingerprint density at radius 1 is 1.06 bits per heavy atom. The zero-order valence-electron chi connectivity index (χ0n) is 10.8. The van der Waals surface area contributed by atoms with Crippen LogP contribution in [0.25, 0.3) is 0 Å². The molecule has 1 heterocycles. The van der Waals surface area contributed by atoms with E-state index in [1.807, 2.05) is 6.07 Å². The lowest BCUT2D eigenvalue weighted by atomic mass is 10.1. The predicted molar refractivity (Wildman–Crippen MR) is 71.1 cm³/mol. The lowest BCUT2D eigenvalue weighted by molar-refractivity contribution is 0.295. The number of nitrogens with one attached hydrogen (secondary N) is 1. The molecule has 0 amide bonds. The molecule has 3 heteroatoms. The van der Waals surface area contributed by atoms with Gasteiger partial charge in [-0.05, 0) is 18.9 Å². The molecule has 0 aromatic heterocycles. The van der Waals surface area contributed by atoms with E-state index in [9.17, 15) is 0 Å². The van der Waals surface area contributed by atoms with Crippen molar-refractivity contribution in [2.45, 2.75) is 44.7 Å². The minimum atomic E-state index is 0.688. The van der Waals surface area contributed by atoms with Gasteiger partial charge in [0.15, 0.2) is 11.5 Å². The molecule has 0 unspecified atom stereocenters. The predicted octanol–water partition coefficient (Wildman–Crippen LogP) is 2.88. The normalized spacial score (nSPS) is 19.8. The summed E-state index contributed by atoms with van der Waals surface area (Å²) >= 11 is 0. The van der Waals surface area contributed by atoms with Gasteiger partial charge >= 0.3 is 0 Å². The van der Waals surface area contributed by atoms with Crippen LogP contribution in [-0.4, -0.2) is 19.3 Å². The van der Waals surface area contributed by atoms with Gasteiger partial charge in [0.2, 0.25) is 0 Å². The van der Waals surface area contributed by atoms with E-state index in [-0.39, 0.29) is 0 Å². The summed E-state index contributed by atoms with van der Waals surface area (Å²) in [7, 11) is 0. The monoisotopic (exact) mass is 247 g/mol. The molecule has 18 heavy (non-hydrogen) atoms. The molecule has 1 aromatic rings. The standard InChI is InChI=1S/C15H21NO2/c1-2-7-13(6-1)16-11-12-5-3-8-14-15(12)18-10-4-9-17-14/h3,5,8,13,16H,1-2,4,6-7,9-11H2.